The van der Waals surface area contributed by atoms with Crippen molar-refractivity contribution < 1.29 is 4.79 Å². The van der Waals surface area contributed by atoms with E-state index in [-0.39, 0.29) is 5.91 Å². The maximum absolute atomic E-state index is 11.8. The van der Waals surface area contributed by atoms with E-state index in [1.807, 2.05) is 0 Å². The van der Waals surface area contributed by atoms with E-state index in [1.165, 1.54) is 6.42 Å². The summed E-state index contributed by atoms with van der Waals surface area (Å²) in [5, 5.41) is 6.60. The average molecular weight is 269 g/mol. The van der Waals surface area contributed by atoms with Crippen LogP contribution in [0.2, 0.25) is 0 Å². The van der Waals surface area contributed by atoms with Gasteiger partial charge in [0.1, 0.15) is 0 Å². The van der Waals surface area contributed by atoms with Crippen LogP contribution in [0.4, 0.5) is 0 Å². The van der Waals surface area contributed by atoms with E-state index >= 15 is 0 Å². The number of nitrogens with zero attached hydrogens (tertiary/aromatic N) is 1. The molecule has 1 heterocycles. The molecule has 2 N–H and O–H groups in total. The first-order valence-electron chi connectivity index (χ1n) is 7.89. The van der Waals surface area contributed by atoms with Crippen molar-refractivity contribution >= 4 is 5.91 Å². The van der Waals surface area contributed by atoms with Crippen LogP contribution in [0.25, 0.3) is 0 Å². The third-order valence-electron chi connectivity index (χ3n) is 3.87. The van der Waals surface area contributed by atoms with Crippen LogP contribution in [0.15, 0.2) is 0 Å². The molecule has 19 heavy (non-hydrogen) atoms. The number of amides is 1. The Morgan fingerprint density at radius 1 is 1.26 bits per heavy atom. The number of nitrogens with one attached hydrogen (secondary N) is 2. The SMILES string of the molecule is CCCCNC(=O)CN1CCC(NCCC)C(C)C1. The molecule has 0 saturated carbocycles. The average Bonchev–Trinajstić information content (AvgIpc) is 2.38. The van der Waals surface area contributed by atoms with Gasteiger partial charge < -0.3 is 10.6 Å². The minimum Gasteiger partial charge on any atom is -0.355 e. The molecule has 1 amide bonds. The van der Waals surface area contributed by atoms with Gasteiger partial charge in [-0.25, -0.2) is 0 Å². The van der Waals surface area contributed by atoms with Gasteiger partial charge in [0, 0.05) is 25.7 Å². The molecule has 2 unspecified atom stereocenters. The van der Waals surface area contributed by atoms with E-state index in [9.17, 15) is 4.79 Å². The molecule has 2 atom stereocenters. The molecule has 1 aliphatic rings. The lowest BCUT2D eigenvalue weighted by molar-refractivity contribution is -0.122. The highest BCUT2D eigenvalue weighted by molar-refractivity contribution is 5.77. The van der Waals surface area contributed by atoms with Gasteiger partial charge in [-0.15, -0.1) is 0 Å². The summed E-state index contributed by atoms with van der Waals surface area (Å²) in [4.78, 5) is 14.1. The predicted molar refractivity (Wildman–Crippen MR) is 80.2 cm³/mol. The maximum Gasteiger partial charge on any atom is 0.234 e. The summed E-state index contributed by atoms with van der Waals surface area (Å²) in [5.41, 5.74) is 0. The number of hydrogen-bond donors (Lipinski definition) is 2. The Bertz CT molecular complexity index is 258. The highest BCUT2D eigenvalue weighted by Crippen LogP contribution is 2.16. The molecule has 0 aromatic rings. The van der Waals surface area contributed by atoms with Crippen LogP contribution in [-0.2, 0) is 4.79 Å². The first-order chi connectivity index (χ1) is 9.17. The Labute approximate surface area is 118 Å². The standard InChI is InChI=1S/C15H31N3O/c1-4-6-9-17-15(19)12-18-10-7-14(13(3)11-18)16-8-5-2/h13-14,16H,4-12H2,1-3H3,(H,17,19). The number of piperidine rings is 1. The molecular formula is C15H31N3O. The van der Waals surface area contributed by atoms with Crippen molar-refractivity contribution in [3.05, 3.63) is 0 Å². The van der Waals surface area contributed by atoms with Gasteiger partial charge in [0.05, 0.1) is 6.54 Å². The fourth-order valence-corrected chi connectivity index (χ4v) is 2.67. The van der Waals surface area contributed by atoms with E-state index in [1.54, 1.807) is 0 Å². The molecule has 0 spiro atoms. The zero-order valence-electron chi connectivity index (χ0n) is 12.9. The first kappa shape index (κ1) is 16.4. The molecule has 4 nitrogen and oxygen atoms in total. The smallest absolute Gasteiger partial charge is 0.234 e. The Balaban J connectivity index is 2.21. The number of hydrogen-bond acceptors (Lipinski definition) is 3. The van der Waals surface area contributed by atoms with Crippen LogP contribution in [0, 0.1) is 5.92 Å². The third-order valence-corrected chi connectivity index (χ3v) is 3.87. The van der Waals surface area contributed by atoms with Crippen LogP contribution in [-0.4, -0.2) is 49.6 Å². The molecule has 1 rings (SSSR count). The summed E-state index contributed by atoms with van der Waals surface area (Å²) in [6.45, 7) is 11.2. The van der Waals surface area contributed by atoms with Crippen LogP contribution in [0.3, 0.4) is 0 Å². The quantitative estimate of drug-likeness (QED) is 0.658. The number of carbonyl (C=O) groups excluding carboxylic acids is 1. The van der Waals surface area contributed by atoms with Crippen molar-refractivity contribution in [1.82, 2.24) is 15.5 Å². The van der Waals surface area contributed by atoms with Crippen molar-refractivity contribution in [1.29, 1.82) is 0 Å². The van der Waals surface area contributed by atoms with Gasteiger partial charge in [-0.1, -0.05) is 27.2 Å². The van der Waals surface area contributed by atoms with Crippen LogP contribution in [0.1, 0.15) is 46.5 Å². The first-order valence-corrected chi connectivity index (χ1v) is 7.89. The van der Waals surface area contributed by atoms with Crippen LogP contribution < -0.4 is 10.6 Å². The topological polar surface area (TPSA) is 44.4 Å². The summed E-state index contributed by atoms with van der Waals surface area (Å²) < 4.78 is 0. The summed E-state index contributed by atoms with van der Waals surface area (Å²) >= 11 is 0. The molecule has 1 aliphatic heterocycles. The second-order valence-electron chi connectivity index (χ2n) is 5.77. The number of likely N-dealkylation sites (tertiary alicyclic amines) is 1. The Kier molecular flexibility index (Phi) is 8.07. The van der Waals surface area contributed by atoms with Gasteiger partial charge in [0.25, 0.3) is 0 Å². The molecule has 0 aromatic carbocycles. The van der Waals surface area contributed by atoms with E-state index < -0.39 is 0 Å². The number of rotatable bonds is 8. The molecule has 4 heteroatoms. The number of carbonyl (C=O) groups is 1. The monoisotopic (exact) mass is 269 g/mol. The van der Waals surface area contributed by atoms with Crippen molar-refractivity contribution in [2.45, 2.75) is 52.5 Å². The zero-order chi connectivity index (χ0) is 14.1. The molecule has 0 aromatic heterocycles. The Hall–Kier alpha value is -0.610. The van der Waals surface area contributed by atoms with E-state index in [0.29, 0.717) is 18.5 Å². The van der Waals surface area contributed by atoms with Gasteiger partial charge in [-0.3, -0.25) is 9.69 Å². The van der Waals surface area contributed by atoms with Gasteiger partial charge >= 0.3 is 0 Å². The number of unbranched alkanes of at least 4 members (excludes halogenated alkanes) is 1. The fourth-order valence-electron chi connectivity index (χ4n) is 2.67. The highest BCUT2D eigenvalue weighted by Gasteiger charge is 2.26. The summed E-state index contributed by atoms with van der Waals surface area (Å²) in [5.74, 6) is 0.810. The maximum atomic E-state index is 11.8. The van der Waals surface area contributed by atoms with Gasteiger partial charge in [-0.2, -0.15) is 0 Å². The summed E-state index contributed by atoms with van der Waals surface area (Å²) in [6.07, 6.45) is 4.55. The lowest BCUT2D eigenvalue weighted by atomic mass is 9.93. The van der Waals surface area contributed by atoms with Crippen molar-refractivity contribution in [3.8, 4) is 0 Å². The molecular weight excluding hydrogens is 238 g/mol. The second-order valence-corrected chi connectivity index (χ2v) is 5.77. The summed E-state index contributed by atoms with van der Waals surface area (Å²) in [6, 6.07) is 0.624. The largest absolute Gasteiger partial charge is 0.355 e. The summed E-state index contributed by atoms with van der Waals surface area (Å²) in [7, 11) is 0. The zero-order valence-corrected chi connectivity index (χ0v) is 12.9. The van der Waals surface area contributed by atoms with E-state index in [0.717, 1.165) is 45.4 Å². The molecule has 1 fully saturated rings. The van der Waals surface area contributed by atoms with Crippen LogP contribution in [0.5, 0.6) is 0 Å². The van der Waals surface area contributed by atoms with Gasteiger partial charge in [0.15, 0.2) is 0 Å². The van der Waals surface area contributed by atoms with Crippen molar-refractivity contribution in [3.63, 3.8) is 0 Å². The van der Waals surface area contributed by atoms with E-state index in [2.05, 4.69) is 36.3 Å². The fraction of sp³-hybridized carbons (Fsp3) is 0.933. The molecule has 0 aliphatic carbocycles. The molecule has 1 saturated heterocycles. The minimum atomic E-state index is 0.181. The van der Waals surface area contributed by atoms with Gasteiger partial charge in [-0.05, 0) is 31.7 Å². The third kappa shape index (κ3) is 6.39. The van der Waals surface area contributed by atoms with E-state index in [4.69, 9.17) is 0 Å². The second kappa shape index (κ2) is 9.32. The lowest BCUT2D eigenvalue weighted by Gasteiger charge is -2.37. The Morgan fingerprint density at radius 3 is 2.68 bits per heavy atom. The highest BCUT2D eigenvalue weighted by atomic mass is 16.2. The van der Waals surface area contributed by atoms with Crippen molar-refractivity contribution in [2.24, 2.45) is 5.92 Å². The minimum absolute atomic E-state index is 0.181. The van der Waals surface area contributed by atoms with Crippen molar-refractivity contribution in [2.75, 3.05) is 32.7 Å². The predicted octanol–water partition coefficient (Wildman–Crippen LogP) is 1.61. The molecule has 112 valence electrons. The molecule has 0 bridgehead atoms. The Morgan fingerprint density at radius 2 is 2.05 bits per heavy atom. The normalized spacial score (nSPS) is 24.4. The lowest BCUT2D eigenvalue weighted by Crippen LogP contribution is -2.50. The van der Waals surface area contributed by atoms with Gasteiger partial charge in [0.2, 0.25) is 5.91 Å². The molecule has 0 radical (unpaired) electrons. The van der Waals surface area contributed by atoms with Crippen LogP contribution >= 0.6 is 0 Å².